The fourth-order valence-electron chi connectivity index (χ4n) is 4.13. The lowest BCUT2D eigenvalue weighted by atomic mass is 10.1. The Morgan fingerprint density at radius 3 is 2.69 bits per heavy atom. The number of nitrogens with zero attached hydrogens (tertiary/aromatic N) is 3. The van der Waals surface area contributed by atoms with Crippen LogP contribution in [0, 0.1) is 20.6 Å². The van der Waals surface area contributed by atoms with Gasteiger partial charge in [-0.1, -0.05) is 46.3 Å². The Morgan fingerprint density at radius 1 is 1.19 bits per heavy atom. The second-order valence-corrected chi connectivity index (χ2v) is 10.2. The normalized spacial score (nSPS) is 11.5. The molecule has 0 aliphatic carbocycles. The molecule has 0 aliphatic heterocycles. The zero-order valence-electron chi connectivity index (χ0n) is 18.9. The van der Waals surface area contributed by atoms with Crippen LogP contribution in [0.3, 0.4) is 0 Å². The summed E-state index contributed by atoms with van der Waals surface area (Å²) in [6, 6.07) is 19.9. The summed E-state index contributed by atoms with van der Waals surface area (Å²) >= 11 is 5.62. The van der Waals surface area contributed by atoms with Crippen LogP contribution in [0.1, 0.15) is 27.4 Å². The molecule has 36 heavy (non-hydrogen) atoms. The second kappa shape index (κ2) is 9.86. The summed E-state index contributed by atoms with van der Waals surface area (Å²) in [7, 11) is 0. The Labute approximate surface area is 227 Å². The van der Waals surface area contributed by atoms with Gasteiger partial charge in [0.05, 0.1) is 14.7 Å². The minimum absolute atomic E-state index is 0.0585. The van der Waals surface area contributed by atoms with Crippen LogP contribution in [-0.4, -0.2) is 21.6 Å². The molecule has 3 aromatic carbocycles. The van der Waals surface area contributed by atoms with Crippen LogP contribution in [0.4, 0.5) is 5.69 Å². The number of nitro groups is 1. The quantitative estimate of drug-likeness (QED) is 0.0942. The molecule has 0 saturated carbocycles. The van der Waals surface area contributed by atoms with E-state index in [1.165, 1.54) is 12.1 Å². The lowest BCUT2D eigenvalue weighted by Crippen LogP contribution is -2.16. The summed E-state index contributed by atoms with van der Waals surface area (Å²) in [4.78, 5) is 23.2. The number of hydrazone groups is 1. The van der Waals surface area contributed by atoms with E-state index in [1.807, 2.05) is 43.3 Å². The minimum atomic E-state index is -0.443. The van der Waals surface area contributed by atoms with E-state index in [-0.39, 0.29) is 11.4 Å². The first kappa shape index (κ1) is 24.2. The zero-order chi connectivity index (χ0) is 25.4. The Balaban J connectivity index is 1.40. The number of fused-ring (bicyclic) bond motifs is 2. The molecule has 0 spiro atoms. The van der Waals surface area contributed by atoms with Crippen molar-refractivity contribution in [1.29, 1.82) is 0 Å². The van der Waals surface area contributed by atoms with E-state index in [9.17, 15) is 14.9 Å². The topological polar surface area (TPSA) is 103 Å². The van der Waals surface area contributed by atoms with Gasteiger partial charge in [-0.2, -0.15) is 5.10 Å². The van der Waals surface area contributed by atoms with Gasteiger partial charge < -0.3 is 8.98 Å². The fourth-order valence-corrected chi connectivity index (χ4v) is 5.79. The average Bonchev–Trinajstić information content (AvgIpc) is 3.40. The number of halogens is 2. The molecule has 0 fully saturated rings. The van der Waals surface area contributed by atoms with Gasteiger partial charge in [-0.3, -0.25) is 14.9 Å². The molecule has 0 bridgehead atoms. The summed E-state index contributed by atoms with van der Waals surface area (Å²) < 4.78 is 9.68. The summed E-state index contributed by atoms with van der Waals surface area (Å²) in [5, 5.41) is 17.0. The van der Waals surface area contributed by atoms with Gasteiger partial charge in [0.25, 0.3) is 5.69 Å². The van der Waals surface area contributed by atoms with Crippen molar-refractivity contribution < 1.29 is 14.1 Å². The van der Waals surface area contributed by atoms with Crippen LogP contribution in [0.2, 0.25) is 0 Å². The van der Waals surface area contributed by atoms with Gasteiger partial charge in [-0.05, 0) is 59.3 Å². The molecular formula is C26H18BrIN4O4. The number of furan rings is 1. The van der Waals surface area contributed by atoms with E-state index >= 15 is 0 Å². The number of carbonyl (C=O) groups is 1. The van der Waals surface area contributed by atoms with Crippen LogP contribution in [0.15, 0.2) is 80.7 Å². The largest absolute Gasteiger partial charge is 0.450 e. The van der Waals surface area contributed by atoms with Gasteiger partial charge in [0, 0.05) is 50.7 Å². The van der Waals surface area contributed by atoms with E-state index < -0.39 is 10.8 Å². The van der Waals surface area contributed by atoms with Crippen LogP contribution < -0.4 is 5.43 Å². The molecule has 5 aromatic rings. The molecule has 0 radical (unpaired) electrons. The molecule has 8 nitrogen and oxygen atoms in total. The van der Waals surface area contributed by atoms with Crippen molar-refractivity contribution in [2.45, 2.75) is 13.5 Å². The number of para-hydroxylation sites is 1. The second-order valence-electron chi connectivity index (χ2n) is 8.14. The molecule has 1 amide bonds. The van der Waals surface area contributed by atoms with E-state index in [0.717, 1.165) is 41.2 Å². The number of aromatic nitrogens is 1. The summed E-state index contributed by atoms with van der Waals surface area (Å²) in [5.41, 5.74) is 7.03. The number of nitrogens with one attached hydrogen (secondary N) is 1. The highest BCUT2D eigenvalue weighted by atomic mass is 127. The molecule has 0 aliphatic rings. The molecule has 0 saturated heterocycles. The third kappa shape index (κ3) is 4.65. The third-order valence-corrected chi connectivity index (χ3v) is 7.15. The number of carbonyl (C=O) groups excluding carboxylic acids is 1. The maximum Gasteiger partial charge on any atom is 0.307 e. The first-order valence-corrected chi connectivity index (χ1v) is 12.7. The molecule has 2 heterocycles. The minimum Gasteiger partial charge on any atom is -0.450 e. The number of hydrogen-bond acceptors (Lipinski definition) is 5. The highest BCUT2D eigenvalue weighted by Gasteiger charge is 2.16. The van der Waals surface area contributed by atoms with Gasteiger partial charge in [-0.15, -0.1) is 0 Å². The van der Waals surface area contributed by atoms with Crippen LogP contribution in [-0.2, 0) is 6.54 Å². The maximum atomic E-state index is 12.7. The highest BCUT2D eigenvalue weighted by molar-refractivity contribution is 14.1. The number of hydrogen-bond donors (Lipinski definition) is 1. The van der Waals surface area contributed by atoms with Crippen molar-refractivity contribution in [3.8, 4) is 0 Å². The van der Waals surface area contributed by atoms with E-state index in [2.05, 4.69) is 53.6 Å². The smallest absolute Gasteiger partial charge is 0.307 e. The SMILES string of the molecule is Cc1c(/C=N\NC(=O)c2cc3cc(Br)cc(I)c3o2)c2ccccc2n1Cc1ccc([N+](=O)[O-])cc1. The van der Waals surface area contributed by atoms with Gasteiger partial charge in [0.2, 0.25) is 0 Å². The number of amides is 1. The number of rotatable bonds is 6. The number of benzene rings is 3. The van der Waals surface area contributed by atoms with Crippen LogP contribution >= 0.6 is 38.5 Å². The summed E-state index contributed by atoms with van der Waals surface area (Å²) in [6.45, 7) is 2.52. The van der Waals surface area contributed by atoms with E-state index in [4.69, 9.17) is 4.42 Å². The summed E-state index contributed by atoms with van der Waals surface area (Å²) in [5.74, 6) is -0.267. The predicted molar refractivity (Wildman–Crippen MR) is 151 cm³/mol. The van der Waals surface area contributed by atoms with Gasteiger partial charge in [0.15, 0.2) is 5.76 Å². The number of nitro benzene ring substituents is 1. The maximum absolute atomic E-state index is 12.7. The molecule has 5 rings (SSSR count). The fraction of sp³-hybridized carbons (Fsp3) is 0.0769. The molecule has 2 aromatic heterocycles. The van der Waals surface area contributed by atoms with Crippen molar-refractivity contribution in [3.63, 3.8) is 0 Å². The Kier molecular flexibility index (Phi) is 6.63. The van der Waals surface area contributed by atoms with Crippen molar-refractivity contribution in [3.05, 3.63) is 107 Å². The highest BCUT2D eigenvalue weighted by Crippen LogP contribution is 2.29. The monoisotopic (exact) mass is 656 g/mol. The predicted octanol–water partition coefficient (Wildman–Crippen LogP) is 6.78. The average molecular weight is 657 g/mol. The Morgan fingerprint density at radius 2 is 1.94 bits per heavy atom. The van der Waals surface area contributed by atoms with Crippen LogP contribution in [0.5, 0.6) is 0 Å². The van der Waals surface area contributed by atoms with E-state index in [1.54, 1.807) is 24.4 Å². The van der Waals surface area contributed by atoms with Gasteiger partial charge in [-0.25, -0.2) is 5.43 Å². The zero-order valence-corrected chi connectivity index (χ0v) is 22.6. The molecule has 0 unspecified atom stereocenters. The van der Waals surface area contributed by atoms with Crippen molar-refractivity contribution in [1.82, 2.24) is 9.99 Å². The molecule has 10 heteroatoms. The van der Waals surface area contributed by atoms with Gasteiger partial charge in [0.1, 0.15) is 5.58 Å². The molecule has 0 atom stereocenters. The first-order chi connectivity index (χ1) is 17.3. The van der Waals surface area contributed by atoms with Crippen molar-refractivity contribution in [2.24, 2.45) is 5.10 Å². The lowest BCUT2D eigenvalue weighted by molar-refractivity contribution is -0.384. The van der Waals surface area contributed by atoms with E-state index in [0.29, 0.717) is 12.1 Å². The first-order valence-electron chi connectivity index (χ1n) is 10.8. The molecule has 1 N–H and O–H groups in total. The third-order valence-electron chi connectivity index (χ3n) is 5.89. The Bertz CT molecular complexity index is 1670. The molecular weight excluding hydrogens is 639 g/mol. The lowest BCUT2D eigenvalue weighted by Gasteiger charge is -2.08. The Hall–Kier alpha value is -3.51. The van der Waals surface area contributed by atoms with Gasteiger partial charge >= 0.3 is 5.91 Å². The standard InChI is InChI=1S/C26H18BrIN4O4/c1-15-21(13-29-30-26(33)24-11-17-10-18(27)12-22(28)25(17)36-24)20-4-2-3-5-23(20)31(15)14-16-6-8-19(9-7-16)32(34)35/h2-13H,14H2,1H3,(H,30,33)/b29-13-. The van der Waals surface area contributed by atoms with Crippen molar-refractivity contribution in [2.75, 3.05) is 0 Å². The molecule has 180 valence electrons. The summed E-state index contributed by atoms with van der Waals surface area (Å²) in [6.07, 6.45) is 1.63. The number of non-ortho nitro benzene ring substituents is 1. The van der Waals surface area contributed by atoms with Crippen LogP contribution in [0.25, 0.3) is 21.9 Å². The van der Waals surface area contributed by atoms with Crippen molar-refractivity contribution >= 4 is 78.2 Å².